The molecule has 17 heavy (non-hydrogen) atoms. The van der Waals surface area contributed by atoms with Crippen LogP contribution in [0.2, 0.25) is 0 Å². The maximum absolute atomic E-state index is 12.0. The molecule has 1 amide bonds. The fourth-order valence-corrected chi connectivity index (χ4v) is 3.43. The Morgan fingerprint density at radius 2 is 2.24 bits per heavy atom. The summed E-state index contributed by atoms with van der Waals surface area (Å²) < 4.78 is 0. The Morgan fingerprint density at radius 3 is 2.82 bits per heavy atom. The average Bonchev–Trinajstić information content (AvgIpc) is 2.68. The van der Waals surface area contributed by atoms with Crippen LogP contribution < -0.4 is 10.6 Å². The van der Waals surface area contributed by atoms with E-state index >= 15 is 0 Å². The van der Waals surface area contributed by atoms with Crippen molar-refractivity contribution in [3.05, 3.63) is 0 Å². The third-order valence-electron chi connectivity index (χ3n) is 4.43. The van der Waals surface area contributed by atoms with Gasteiger partial charge in [0.15, 0.2) is 0 Å². The summed E-state index contributed by atoms with van der Waals surface area (Å²) in [6, 6.07) is 0.572. The quantitative estimate of drug-likeness (QED) is 0.741. The summed E-state index contributed by atoms with van der Waals surface area (Å²) in [7, 11) is 1.73. The van der Waals surface area contributed by atoms with Gasteiger partial charge in [-0.3, -0.25) is 9.69 Å². The van der Waals surface area contributed by atoms with Gasteiger partial charge in [-0.1, -0.05) is 20.3 Å². The molecule has 0 spiro atoms. The van der Waals surface area contributed by atoms with E-state index in [1.807, 2.05) is 0 Å². The van der Waals surface area contributed by atoms with Gasteiger partial charge < -0.3 is 10.6 Å². The van der Waals surface area contributed by atoms with Crippen molar-refractivity contribution in [2.24, 2.45) is 5.41 Å². The number of rotatable bonds is 2. The van der Waals surface area contributed by atoms with Gasteiger partial charge in [-0.15, -0.1) is 0 Å². The Labute approximate surface area is 104 Å². The van der Waals surface area contributed by atoms with Crippen LogP contribution in [-0.4, -0.2) is 49.6 Å². The number of nitrogens with zero attached hydrogens (tertiary/aromatic N) is 1. The number of likely N-dealkylation sites (N-methyl/N-ethyl adjacent to an activating group) is 1. The first-order chi connectivity index (χ1) is 8.06. The first-order valence-corrected chi connectivity index (χ1v) is 6.74. The fourth-order valence-electron chi connectivity index (χ4n) is 3.43. The highest BCUT2D eigenvalue weighted by molar-refractivity contribution is 5.81. The second-order valence-corrected chi connectivity index (χ2v) is 5.97. The molecule has 2 rings (SSSR count). The number of carbonyl (C=O) groups excluding carboxylic acids is 1. The first kappa shape index (κ1) is 12.8. The first-order valence-electron chi connectivity index (χ1n) is 6.74. The normalized spacial score (nSPS) is 33.6. The van der Waals surface area contributed by atoms with Crippen molar-refractivity contribution >= 4 is 5.91 Å². The Hall–Kier alpha value is -0.610. The number of piperazine rings is 1. The molecular formula is C13H25N3O. The molecule has 0 bridgehead atoms. The van der Waals surface area contributed by atoms with E-state index in [0.29, 0.717) is 11.5 Å². The number of nitrogens with one attached hydrogen (secondary N) is 2. The Bertz CT molecular complexity index is 290. The van der Waals surface area contributed by atoms with Gasteiger partial charge in [0.1, 0.15) is 6.04 Å². The molecule has 1 heterocycles. The molecule has 2 atom stereocenters. The SMILES string of the molecule is CNC(=O)C1CNCCN1C1CCCC1(C)C. The average molecular weight is 239 g/mol. The lowest BCUT2D eigenvalue weighted by molar-refractivity contribution is -0.128. The predicted octanol–water partition coefficient (Wildman–Crippen LogP) is 0.585. The number of hydrogen-bond donors (Lipinski definition) is 2. The molecule has 0 radical (unpaired) electrons. The molecule has 2 fully saturated rings. The summed E-state index contributed by atoms with van der Waals surface area (Å²) in [5, 5.41) is 6.12. The molecule has 2 aliphatic rings. The third-order valence-corrected chi connectivity index (χ3v) is 4.43. The van der Waals surface area contributed by atoms with Crippen LogP contribution >= 0.6 is 0 Å². The number of amides is 1. The van der Waals surface area contributed by atoms with Crippen LogP contribution in [0.3, 0.4) is 0 Å². The molecule has 1 aliphatic heterocycles. The lowest BCUT2D eigenvalue weighted by Crippen LogP contribution is -2.62. The molecule has 1 saturated heterocycles. The number of carbonyl (C=O) groups is 1. The summed E-state index contributed by atoms with van der Waals surface area (Å²) in [6.07, 6.45) is 3.81. The van der Waals surface area contributed by atoms with E-state index in [4.69, 9.17) is 0 Å². The maximum Gasteiger partial charge on any atom is 0.238 e. The zero-order chi connectivity index (χ0) is 12.5. The largest absolute Gasteiger partial charge is 0.358 e. The second kappa shape index (κ2) is 4.94. The lowest BCUT2D eigenvalue weighted by atomic mass is 9.85. The van der Waals surface area contributed by atoms with Crippen molar-refractivity contribution in [1.29, 1.82) is 0 Å². The van der Waals surface area contributed by atoms with Crippen LogP contribution in [0.5, 0.6) is 0 Å². The smallest absolute Gasteiger partial charge is 0.238 e. The van der Waals surface area contributed by atoms with Gasteiger partial charge in [-0.05, 0) is 18.3 Å². The van der Waals surface area contributed by atoms with E-state index in [1.54, 1.807) is 7.05 Å². The summed E-state index contributed by atoms with van der Waals surface area (Å²) >= 11 is 0. The molecule has 0 aromatic carbocycles. The van der Waals surface area contributed by atoms with Gasteiger partial charge in [-0.25, -0.2) is 0 Å². The van der Waals surface area contributed by atoms with E-state index in [0.717, 1.165) is 19.6 Å². The molecule has 4 nitrogen and oxygen atoms in total. The Balaban J connectivity index is 2.13. The van der Waals surface area contributed by atoms with E-state index in [2.05, 4.69) is 29.4 Å². The molecule has 1 aliphatic carbocycles. The van der Waals surface area contributed by atoms with E-state index in [1.165, 1.54) is 19.3 Å². The van der Waals surface area contributed by atoms with Crippen molar-refractivity contribution < 1.29 is 4.79 Å². The summed E-state index contributed by atoms with van der Waals surface area (Å²) in [6.45, 7) is 7.46. The Kier molecular flexibility index (Phi) is 3.73. The summed E-state index contributed by atoms with van der Waals surface area (Å²) in [4.78, 5) is 14.4. The highest BCUT2D eigenvalue weighted by Crippen LogP contribution is 2.41. The third kappa shape index (κ3) is 2.47. The minimum absolute atomic E-state index is 0.0103. The van der Waals surface area contributed by atoms with Crippen molar-refractivity contribution in [2.75, 3.05) is 26.7 Å². The van der Waals surface area contributed by atoms with Crippen LogP contribution in [-0.2, 0) is 4.79 Å². The van der Waals surface area contributed by atoms with Gasteiger partial charge in [0, 0.05) is 32.7 Å². The topological polar surface area (TPSA) is 44.4 Å². The standard InChI is InChI=1S/C13H25N3O/c1-13(2)6-4-5-11(13)16-8-7-15-9-10(16)12(17)14-3/h10-11,15H,4-9H2,1-3H3,(H,14,17). The van der Waals surface area contributed by atoms with Gasteiger partial charge in [-0.2, -0.15) is 0 Å². The van der Waals surface area contributed by atoms with E-state index in [-0.39, 0.29) is 11.9 Å². The highest BCUT2D eigenvalue weighted by atomic mass is 16.2. The number of hydrogen-bond acceptors (Lipinski definition) is 3. The summed E-state index contributed by atoms with van der Waals surface area (Å²) in [5.74, 6) is 0.153. The van der Waals surface area contributed by atoms with Crippen LogP contribution in [0.1, 0.15) is 33.1 Å². The minimum atomic E-state index is 0.0103. The molecule has 2 unspecified atom stereocenters. The predicted molar refractivity (Wildman–Crippen MR) is 68.9 cm³/mol. The molecule has 0 aromatic rings. The molecule has 98 valence electrons. The van der Waals surface area contributed by atoms with Crippen LogP contribution in [0.15, 0.2) is 0 Å². The van der Waals surface area contributed by atoms with E-state index < -0.39 is 0 Å². The van der Waals surface area contributed by atoms with Gasteiger partial charge >= 0.3 is 0 Å². The summed E-state index contributed by atoms with van der Waals surface area (Å²) in [5.41, 5.74) is 0.351. The van der Waals surface area contributed by atoms with Crippen molar-refractivity contribution in [3.8, 4) is 0 Å². The zero-order valence-corrected chi connectivity index (χ0v) is 11.3. The molecule has 0 aromatic heterocycles. The molecule has 2 N–H and O–H groups in total. The molecular weight excluding hydrogens is 214 g/mol. The maximum atomic E-state index is 12.0. The molecule has 4 heteroatoms. The molecule has 1 saturated carbocycles. The zero-order valence-electron chi connectivity index (χ0n) is 11.3. The van der Waals surface area contributed by atoms with Gasteiger partial charge in [0.05, 0.1) is 0 Å². The van der Waals surface area contributed by atoms with Crippen molar-refractivity contribution in [2.45, 2.75) is 45.2 Å². The van der Waals surface area contributed by atoms with Crippen LogP contribution in [0, 0.1) is 5.41 Å². The van der Waals surface area contributed by atoms with E-state index in [9.17, 15) is 4.79 Å². The minimum Gasteiger partial charge on any atom is -0.358 e. The Morgan fingerprint density at radius 1 is 1.47 bits per heavy atom. The second-order valence-electron chi connectivity index (χ2n) is 5.97. The highest BCUT2D eigenvalue weighted by Gasteiger charge is 2.43. The van der Waals surface area contributed by atoms with Crippen molar-refractivity contribution in [3.63, 3.8) is 0 Å². The van der Waals surface area contributed by atoms with Gasteiger partial charge in [0.25, 0.3) is 0 Å². The monoisotopic (exact) mass is 239 g/mol. The van der Waals surface area contributed by atoms with Crippen LogP contribution in [0.25, 0.3) is 0 Å². The van der Waals surface area contributed by atoms with Crippen LogP contribution in [0.4, 0.5) is 0 Å². The fraction of sp³-hybridized carbons (Fsp3) is 0.923. The lowest BCUT2D eigenvalue weighted by Gasteiger charge is -2.44. The van der Waals surface area contributed by atoms with Crippen molar-refractivity contribution in [1.82, 2.24) is 15.5 Å². The van der Waals surface area contributed by atoms with Gasteiger partial charge in [0.2, 0.25) is 5.91 Å².